The smallest absolute Gasteiger partial charge is 0.256 e. The molecule has 3 heterocycles. The Labute approximate surface area is 205 Å². The number of carbonyl (C=O) groups is 1. The molecule has 34 heavy (non-hydrogen) atoms. The molecular weight excluding hydrogens is 474 g/mol. The molecule has 0 atom stereocenters. The summed E-state index contributed by atoms with van der Waals surface area (Å²) in [7, 11) is 0. The van der Waals surface area contributed by atoms with Crippen molar-refractivity contribution in [2.24, 2.45) is 0 Å². The minimum atomic E-state index is -0.260. The van der Waals surface area contributed by atoms with E-state index < -0.39 is 0 Å². The van der Waals surface area contributed by atoms with Crippen LogP contribution in [-0.4, -0.2) is 38.7 Å². The van der Waals surface area contributed by atoms with Gasteiger partial charge in [-0.3, -0.25) is 4.79 Å². The van der Waals surface area contributed by atoms with Crippen molar-refractivity contribution in [2.45, 2.75) is 31.2 Å². The zero-order valence-electron chi connectivity index (χ0n) is 18.7. The fraction of sp³-hybridized carbons (Fsp3) is 0.250. The predicted molar refractivity (Wildman–Crippen MR) is 131 cm³/mol. The molecule has 0 unspecified atom stereocenters. The van der Waals surface area contributed by atoms with E-state index in [0.717, 1.165) is 23.4 Å². The van der Waals surface area contributed by atoms with Crippen LogP contribution < -0.4 is 14.8 Å². The SMILES string of the molecule is Cc1cc(C)n2nc(SCc3ccccc3C(=O)Nc3cc4c(cc3Cl)OCCCO4)nc2n1. The summed E-state index contributed by atoms with van der Waals surface area (Å²) in [6.07, 6.45) is 0.787. The van der Waals surface area contributed by atoms with E-state index in [1.165, 1.54) is 11.8 Å². The quantitative estimate of drug-likeness (QED) is 0.385. The van der Waals surface area contributed by atoms with E-state index in [1.807, 2.05) is 38.1 Å². The second-order valence-electron chi connectivity index (χ2n) is 7.87. The van der Waals surface area contributed by atoms with Gasteiger partial charge in [-0.25, -0.2) is 9.50 Å². The number of fused-ring (bicyclic) bond motifs is 2. The molecular formula is C24H22ClN5O3S. The lowest BCUT2D eigenvalue weighted by molar-refractivity contribution is 0.102. The highest BCUT2D eigenvalue weighted by Gasteiger charge is 2.18. The molecule has 5 rings (SSSR count). The van der Waals surface area contributed by atoms with Crippen LogP contribution in [0.1, 0.15) is 33.7 Å². The molecule has 2 aromatic heterocycles. The molecule has 0 aliphatic carbocycles. The van der Waals surface area contributed by atoms with Crippen molar-refractivity contribution in [1.82, 2.24) is 19.6 Å². The van der Waals surface area contributed by atoms with E-state index in [-0.39, 0.29) is 5.91 Å². The normalized spacial score (nSPS) is 13.0. The summed E-state index contributed by atoms with van der Waals surface area (Å²) < 4.78 is 13.1. The molecule has 1 aliphatic heterocycles. The second kappa shape index (κ2) is 9.52. The Bertz CT molecular complexity index is 1390. The Morgan fingerprint density at radius 2 is 1.88 bits per heavy atom. The van der Waals surface area contributed by atoms with E-state index in [0.29, 0.717) is 57.7 Å². The van der Waals surface area contributed by atoms with Gasteiger partial charge >= 0.3 is 0 Å². The summed E-state index contributed by atoms with van der Waals surface area (Å²) in [5, 5.41) is 8.43. The van der Waals surface area contributed by atoms with Crippen molar-refractivity contribution in [1.29, 1.82) is 0 Å². The van der Waals surface area contributed by atoms with Gasteiger partial charge in [0.05, 0.1) is 23.9 Å². The first-order valence-electron chi connectivity index (χ1n) is 10.8. The maximum absolute atomic E-state index is 13.2. The van der Waals surface area contributed by atoms with Crippen LogP contribution in [0.3, 0.4) is 0 Å². The lowest BCUT2D eigenvalue weighted by Crippen LogP contribution is -2.14. The van der Waals surface area contributed by atoms with Gasteiger partial charge in [0.2, 0.25) is 5.16 Å². The topological polar surface area (TPSA) is 90.6 Å². The number of carbonyl (C=O) groups excluding carboxylic acids is 1. The first-order chi connectivity index (χ1) is 16.5. The number of thioether (sulfide) groups is 1. The summed E-state index contributed by atoms with van der Waals surface area (Å²) in [5.74, 6) is 1.97. The number of benzene rings is 2. The summed E-state index contributed by atoms with van der Waals surface area (Å²) in [4.78, 5) is 22.1. The summed E-state index contributed by atoms with van der Waals surface area (Å²) in [5.41, 5.74) is 3.73. The van der Waals surface area contributed by atoms with E-state index in [2.05, 4.69) is 20.4 Å². The Morgan fingerprint density at radius 3 is 2.71 bits per heavy atom. The van der Waals surface area contributed by atoms with Gasteiger partial charge in [-0.2, -0.15) is 4.98 Å². The number of anilines is 1. The van der Waals surface area contributed by atoms with Crippen molar-refractivity contribution >= 4 is 40.7 Å². The number of aromatic nitrogens is 4. The summed E-state index contributed by atoms with van der Waals surface area (Å²) in [6, 6.07) is 12.8. The third-order valence-electron chi connectivity index (χ3n) is 5.30. The highest BCUT2D eigenvalue weighted by Crippen LogP contribution is 2.38. The van der Waals surface area contributed by atoms with Crippen molar-refractivity contribution in [2.75, 3.05) is 18.5 Å². The number of nitrogens with zero attached hydrogens (tertiary/aromatic N) is 4. The van der Waals surface area contributed by atoms with Crippen LogP contribution in [0.4, 0.5) is 5.69 Å². The number of halogens is 1. The maximum atomic E-state index is 13.2. The molecule has 1 N–H and O–H groups in total. The van der Waals surface area contributed by atoms with Crippen LogP contribution in [-0.2, 0) is 5.75 Å². The van der Waals surface area contributed by atoms with Crippen LogP contribution in [0.5, 0.6) is 11.5 Å². The summed E-state index contributed by atoms with van der Waals surface area (Å²) >= 11 is 7.86. The van der Waals surface area contributed by atoms with Gasteiger partial charge in [-0.05, 0) is 31.5 Å². The molecule has 0 bridgehead atoms. The molecule has 0 radical (unpaired) electrons. The first-order valence-corrected chi connectivity index (χ1v) is 12.2. The molecule has 0 saturated heterocycles. The van der Waals surface area contributed by atoms with E-state index >= 15 is 0 Å². The van der Waals surface area contributed by atoms with E-state index in [1.54, 1.807) is 22.7 Å². The van der Waals surface area contributed by atoms with Crippen molar-refractivity contribution in [3.63, 3.8) is 0 Å². The average Bonchev–Trinajstić information content (AvgIpc) is 3.09. The zero-order chi connectivity index (χ0) is 23.7. The van der Waals surface area contributed by atoms with Crippen LogP contribution in [0.25, 0.3) is 5.78 Å². The standard InChI is InChI=1S/C24H22ClN5O3S/c1-14-10-15(2)30-23(26-14)28-24(29-30)34-13-16-6-3-4-7-17(16)22(31)27-19-12-21-20(11-18(19)25)32-8-5-9-33-21/h3-4,6-7,10-12H,5,8-9,13H2,1-2H3,(H,27,31). The van der Waals surface area contributed by atoms with Gasteiger partial charge in [0, 0.05) is 41.3 Å². The molecule has 0 saturated carbocycles. The second-order valence-corrected chi connectivity index (χ2v) is 9.22. The van der Waals surface area contributed by atoms with Gasteiger partial charge in [-0.15, -0.1) is 5.10 Å². The van der Waals surface area contributed by atoms with Gasteiger partial charge in [0.15, 0.2) is 11.5 Å². The highest BCUT2D eigenvalue weighted by molar-refractivity contribution is 7.98. The number of hydrogen-bond acceptors (Lipinski definition) is 7. The lowest BCUT2D eigenvalue weighted by Gasteiger charge is -2.14. The van der Waals surface area contributed by atoms with Crippen LogP contribution in [0.15, 0.2) is 47.6 Å². The molecule has 4 aromatic rings. The molecule has 8 nitrogen and oxygen atoms in total. The molecule has 2 aromatic carbocycles. The molecule has 10 heteroatoms. The molecule has 0 fully saturated rings. The number of hydrogen-bond donors (Lipinski definition) is 1. The average molecular weight is 496 g/mol. The minimum absolute atomic E-state index is 0.260. The number of amides is 1. The third kappa shape index (κ3) is 4.67. The predicted octanol–water partition coefficient (Wildman–Crippen LogP) is 5.10. The first kappa shape index (κ1) is 22.5. The fourth-order valence-electron chi connectivity index (χ4n) is 3.69. The molecule has 174 valence electrons. The number of rotatable bonds is 5. The number of nitrogens with one attached hydrogen (secondary N) is 1. The lowest BCUT2D eigenvalue weighted by atomic mass is 10.1. The van der Waals surface area contributed by atoms with E-state index in [9.17, 15) is 4.79 Å². The van der Waals surface area contributed by atoms with Gasteiger partial charge in [0.1, 0.15) is 0 Å². The molecule has 0 spiro atoms. The van der Waals surface area contributed by atoms with Gasteiger partial charge < -0.3 is 14.8 Å². The summed E-state index contributed by atoms with van der Waals surface area (Å²) in [6.45, 7) is 5.01. The van der Waals surface area contributed by atoms with Crippen LogP contribution in [0.2, 0.25) is 5.02 Å². The molecule has 1 aliphatic rings. The largest absolute Gasteiger partial charge is 0.490 e. The van der Waals surface area contributed by atoms with Gasteiger partial charge in [-0.1, -0.05) is 41.6 Å². The van der Waals surface area contributed by atoms with Crippen molar-refractivity contribution in [3.8, 4) is 11.5 Å². The monoisotopic (exact) mass is 495 g/mol. The molecule has 1 amide bonds. The maximum Gasteiger partial charge on any atom is 0.256 e. The van der Waals surface area contributed by atoms with Crippen molar-refractivity contribution < 1.29 is 14.3 Å². The number of ether oxygens (including phenoxy) is 2. The van der Waals surface area contributed by atoms with Crippen LogP contribution in [0, 0.1) is 13.8 Å². The van der Waals surface area contributed by atoms with Crippen LogP contribution >= 0.6 is 23.4 Å². The fourth-order valence-corrected chi connectivity index (χ4v) is 4.71. The zero-order valence-corrected chi connectivity index (χ0v) is 20.2. The Hall–Kier alpha value is -3.30. The Balaban J connectivity index is 1.34. The third-order valence-corrected chi connectivity index (χ3v) is 6.50. The van der Waals surface area contributed by atoms with Crippen molar-refractivity contribution in [3.05, 3.63) is 70.0 Å². The Kier molecular flexibility index (Phi) is 6.30. The van der Waals surface area contributed by atoms with E-state index in [4.69, 9.17) is 21.1 Å². The Morgan fingerprint density at radius 1 is 1.12 bits per heavy atom. The minimum Gasteiger partial charge on any atom is -0.490 e. The van der Waals surface area contributed by atoms with Gasteiger partial charge in [0.25, 0.3) is 11.7 Å². The highest BCUT2D eigenvalue weighted by atomic mass is 35.5. The number of aryl methyl sites for hydroxylation is 2.